The van der Waals surface area contributed by atoms with E-state index >= 15 is 8.78 Å². The first-order valence-corrected chi connectivity index (χ1v) is 24.9. The molecule has 3 aliphatic rings. The SMILES string of the molecule is CCc1cc(Nc2ncc(Br)c(Nc3ncc4ccccc4c3P(C)(C)=O)n2)c(OC)cc1N1CCC(N2CCN(CCc3cc(F)c(C4CCC(=O)NC4=O)c(F)c3)CC2)CC1. The normalized spacial score (nSPS) is 18.1. The van der Waals surface area contributed by atoms with Crippen LogP contribution in [0.25, 0.3) is 10.8 Å². The van der Waals surface area contributed by atoms with Crippen molar-refractivity contribution in [2.75, 3.05) is 81.8 Å². The van der Waals surface area contributed by atoms with Gasteiger partial charge in [-0.2, -0.15) is 4.98 Å². The number of nitrogens with one attached hydrogen (secondary N) is 3. The maximum absolute atomic E-state index is 15.1. The smallest absolute Gasteiger partial charge is 0.234 e. The minimum Gasteiger partial charge on any atom is -0.494 e. The molecule has 3 aliphatic heterocycles. The van der Waals surface area contributed by atoms with Crippen LogP contribution in [0.15, 0.2) is 65.4 Å². The highest BCUT2D eigenvalue weighted by molar-refractivity contribution is 9.10. The summed E-state index contributed by atoms with van der Waals surface area (Å²) in [5.41, 5.74) is 3.38. The number of piperidine rings is 2. The highest BCUT2D eigenvalue weighted by Gasteiger charge is 2.33. The predicted molar refractivity (Wildman–Crippen MR) is 248 cm³/mol. The molecular weight excluding hydrogens is 891 g/mol. The van der Waals surface area contributed by atoms with Crippen LogP contribution in [-0.4, -0.2) is 109 Å². The summed E-state index contributed by atoms with van der Waals surface area (Å²) in [6.07, 6.45) is 6.99. The largest absolute Gasteiger partial charge is 0.494 e. The standard InChI is InChI=1S/C46H53BrF2N9O4P/c1-5-29-24-37(52-46-51-27-34(47)43(55-46)54-44-42(63(3,4)61)32-9-7-6-8-30(32)26-50-44)39(62-2)25-38(29)58-16-13-31(14-17-58)57-20-18-56(19-21-57)15-12-28-22-35(48)41(36(49)23-28)33-10-11-40(59)53-45(33)60/h6-9,22-27,31,33H,5,10-21H2,1-4H3,(H,53,59,60)(H2,50,51,52,54,55). The van der Waals surface area contributed by atoms with Crippen molar-refractivity contribution in [3.63, 3.8) is 0 Å². The van der Waals surface area contributed by atoms with Gasteiger partial charge >= 0.3 is 0 Å². The number of carbonyl (C=O) groups is 2. The van der Waals surface area contributed by atoms with Crippen molar-refractivity contribution >= 4 is 79.9 Å². The first-order valence-electron chi connectivity index (χ1n) is 21.5. The minimum atomic E-state index is -2.75. The van der Waals surface area contributed by atoms with Crippen molar-refractivity contribution in [3.05, 3.63) is 93.7 Å². The van der Waals surface area contributed by atoms with Gasteiger partial charge < -0.3 is 29.7 Å². The molecule has 1 unspecified atom stereocenters. The second-order valence-corrected chi connectivity index (χ2v) is 20.9. The van der Waals surface area contributed by atoms with Crippen LogP contribution < -0.4 is 30.9 Å². The molecule has 5 heterocycles. The third-order valence-corrected chi connectivity index (χ3v) is 14.6. The minimum absolute atomic E-state index is 0.0643. The van der Waals surface area contributed by atoms with Crippen molar-refractivity contribution in [1.82, 2.24) is 30.1 Å². The molecule has 0 aliphatic carbocycles. The van der Waals surface area contributed by atoms with Gasteiger partial charge in [-0.25, -0.2) is 18.7 Å². The number of rotatable bonds is 13. The van der Waals surface area contributed by atoms with E-state index in [0.29, 0.717) is 57.7 Å². The summed E-state index contributed by atoms with van der Waals surface area (Å²) >= 11 is 3.58. The molecule has 3 N–H and O–H groups in total. The number of pyridine rings is 1. The van der Waals surface area contributed by atoms with Crippen LogP contribution in [0.5, 0.6) is 5.75 Å². The van der Waals surface area contributed by atoms with E-state index < -0.39 is 36.5 Å². The highest BCUT2D eigenvalue weighted by atomic mass is 79.9. The van der Waals surface area contributed by atoms with Crippen molar-refractivity contribution in [1.29, 1.82) is 0 Å². The number of amides is 2. The molecule has 332 valence electrons. The molecule has 17 heteroatoms. The lowest BCUT2D eigenvalue weighted by Gasteiger charge is -2.43. The summed E-state index contributed by atoms with van der Waals surface area (Å²) in [5, 5.41) is 11.4. The third-order valence-electron chi connectivity index (χ3n) is 12.5. The molecule has 63 heavy (non-hydrogen) atoms. The molecular formula is C46H53BrF2N9O4P. The van der Waals surface area contributed by atoms with Gasteiger partial charge in [0.15, 0.2) is 5.82 Å². The van der Waals surface area contributed by atoms with E-state index in [1.807, 2.05) is 24.3 Å². The monoisotopic (exact) mass is 943 g/mol. The number of hydrogen-bond acceptors (Lipinski definition) is 12. The molecule has 1 atom stereocenters. The summed E-state index contributed by atoms with van der Waals surface area (Å²) in [5.74, 6) is -1.53. The molecule has 13 nitrogen and oxygen atoms in total. The molecule has 0 radical (unpaired) electrons. The Balaban J connectivity index is 0.868. The number of benzene rings is 3. The fourth-order valence-electron chi connectivity index (χ4n) is 9.18. The van der Waals surface area contributed by atoms with Crippen molar-refractivity contribution in [2.45, 2.75) is 57.4 Å². The van der Waals surface area contributed by atoms with E-state index in [2.05, 4.69) is 75.6 Å². The summed E-state index contributed by atoms with van der Waals surface area (Å²) in [7, 11) is -1.08. The molecule has 3 aromatic carbocycles. The summed E-state index contributed by atoms with van der Waals surface area (Å²) in [6.45, 7) is 11.8. The summed E-state index contributed by atoms with van der Waals surface area (Å²) in [6, 6.07) is 15.1. The molecule has 0 spiro atoms. The summed E-state index contributed by atoms with van der Waals surface area (Å²) in [4.78, 5) is 45.1. The Morgan fingerprint density at radius 1 is 0.921 bits per heavy atom. The second-order valence-electron chi connectivity index (χ2n) is 16.9. The second kappa shape index (κ2) is 19.0. The van der Waals surface area contributed by atoms with Crippen LogP contribution in [0, 0.1) is 11.6 Å². The Morgan fingerprint density at radius 2 is 1.65 bits per heavy atom. The predicted octanol–water partition coefficient (Wildman–Crippen LogP) is 7.72. The number of hydrogen-bond donors (Lipinski definition) is 3. The molecule has 3 fully saturated rings. The fraction of sp³-hybridized carbons (Fsp3) is 0.413. The zero-order chi connectivity index (χ0) is 44.4. The Morgan fingerprint density at radius 3 is 2.33 bits per heavy atom. The number of imide groups is 1. The Bertz CT molecular complexity index is 2560. The number of carbonyl (C=O) groups excluding carboxylic acids is 2. The first kappa shape index (κ1) is 44.6. The highest BCUT2D eigenvalue weighted by Crippen LogP contribution is 2.42. The van der Waals surface area contributed by atoms with Crippen molar-refractivity contribution in [3.8, 4) is 5.75 Å². The van der Waals surface area contributed by atoms with Crippen LogP contribution in [0.4, 0.5) is 37.7 Å². The Hall–Kier alpha value is -5.02. The van der Waals surface area contributed by atoms with Gasteiger partial charge in [0.25, 0.3) is 0 Å². The van der Waals surface area contributed by atoms with E-state index in [-0.39, 0.29) is 18.4 Å². The van der Waals surface area contributed by atoms with E-state index in [1.165, 1.54) is 17.7 Å². The average Bonchev–Trinajstić information content (AvgIpc) is 3.27. The maximum atomic E-state index is 15.1. The Kier molecular flexibility index (Phi) is 13.4. The maximum Gasteiger partial charge on any atom is 0.234 e. The summed E-state index contributed by atoms with van der Waals surface area (Å²) < 4.78 is 50.3. The quantitative estimate of drug-likeness (QED) is 0.0786. The van der Waals surface area contributed by atoms with Gasteiger partial charge in [-0.05, 0) is 96.1 Å². The first-order chi connectivity index (χ1) is 30.3. The van der Waals surface area contributed by atoms with Gasteiger partial charge in [0, 0.05) is 93.4 Å². The molecule has 5 aromatic rings. The van der Waals surface area contributed by atoms with Crippen LogP contribution in [-0.2, 0) is 27.0 Å². The molecule has 0 saturated carbocycles. The number of ether oxygens (including phenoxy) is 1. The number of anilines is 5. The number of aryl methyl sites for hydroxylation is 1. The van der Waals surface area contributed by atoms with E-state index in [1.54, 1.807) is 32.8 Å². The van der Waals surface area contributed by atoms with E-state index in [0.717, 1.165) is 80.7 Å². The molecule has 2 amide bonds. The Labute approximate surface area is 374 Å². The van der Waals surface area contributed by atoms with E-state index in [4.69, 9.17) is 9.72 Å². The van der Waals surface area contributed by atoms with Crippen molar-refractivity contribution < 1.29 is 27.7 Å². The average molecular weight is 945 g/mol. The lowest BCUT2D eigenvalue weighted by Crippen LogP contribution is -2.53. The van der Waals surface area contributed by atoms with E-state index in [9.17, 15) is 14.2 Å². The van der Waals surface area contributed by atoms with Gasteiger partial charge in [-0.3, -0.25) is 19.8 Å². The number of piperazine rings is 1. The van der Waals surface area contributed by atoms with Gasteiger partial charge in [0.2, 0.25) is 17.8 Å². The molecule has 8 rings (SSSR count). The number of nitrogens with zero attached hydrogens (tertiary/aromatic N) is 6. The van der Waals surface area contributed by atoms with Gasteiger partial charge in [0.1, 0.15) is 30.3 Å². The topological polar surface area (TPSA) is 145 Å². The fourth-order valence-corrected chi connectivity index (χ4v) is 10.9. The van der Waals surface area contributed by atoms with Gasteiger partial charge in [-0.15, -0.1) is 0 Å². The van der Waals surface area contributed by atoms with Crippen LogP contribution >= 0.6 is 23.1 Å². The van der Waals surface area contributed by atoms with Crippen molar-refractivity contribution in [2.24, 2.45) is 0 Å². The number of aromatic nitrogens is 3. The number of methoxy groups -OCH3 is 1. The van der Waals surface area contributed by atoms with Gasteiger partial charge in [0.05, 0.1) is 28.5 Å². The molecule has 0 bridgehead atoms. The number of fused-ring (bicyclic) bond motifs is 1. The number of halogens is 3. The lowest BCUT2D eigenvalue weighted by atomic mass is 9.89. The van der Waals surface area contributed by atoms with Crippen LogP contribution in [0.3, 0.4) is 0 Å². The molecule has 3 saturated heterocycles. The van der Waals surface area contributed by atoms with Crippen LogP contribution in [0.1, 0.15) is 55.2 Å². The zero-order valence-corrected chi connectivity index (χ0v) is 38.5. The third kappa shape index (κ3) is 9.89. The zero-order valence-electron chi connectivity index (χ0n) is 36.0. The van der Waals surface area contributed by atoms with Crippen LogP contribution in [0.2, 0.25) is 0 Å². The lowest BCUT2D eigenvalue weighted by molar-refractivity contribution is -0.134. The van der Waals surface area contributed by atoms with Gasteiger partial charge in [-0.1, -0.05) is 31.2 Å². The molecule has 2 aromatic heterocycles.